The van der Waals surface area contributed by atoms with Gasteiger partial charge in [0.15, 0.2) is 0 Å². The fourth-order valence-electron chi connectivity index (χ4n) is 2.21. The monoisotopic (exact) mass is 212 g/mol. The molecular formula is C12H24N2O. The van der Waals surface area contributed by atoms with Gasteiger partial charge in [0.05, 0.1) is 19.0 Å². The minimum Gasteiger partial charge on any atom is -0.394 e. The van der Waals surface area contributed by atoms with Gasteiger partial charge in [-0.2, -0.15) is 0 Å². The zero-order valence-corrected chi connectivity index (χ0v) is 10.1. The van der Waals surface area contributed by atoms with Gasteiger partial charge in [-0.05, 0) is 12.8 Å². The maximum Gasteiger partial charge on any atom is 0.0990 e. The quantitative estimate of drug-likeness (QED) is 0.684. The van der Waals surface area contributed by atoms with Crippen LogP contribution < -0.4 is 0 Å². The van der Waals surface area contributed by atoms with Gasteiger partial charge in [0.25, 0.3) is 0 Å². The van der Waals surface area contributed by atoms with Crippen LogP contribution in [0, 0.1) is 0 Å². The fourth-order valence-corrected chi connectivity index (χ4v) is 2.21. The zero-order valence-electron chi connectivity index (χ0n) is 10.1. The molecule has 1 atom stereocenters. The van der Waals surface area contributed by atoms with Crippen LogP contribution in [0.3, 0.4) is 0 Å². The van der Waals surface area contributed by atoms with Crippen LogP contribution in [-0.2, 0) is 0 Å². The summed E-state index contributed by atoms with van der Waals surface area (Å²) in [4.78, 5) is 6.70. The van der Waals surface area contributed by atoms with Crippen molar-refractivity contribution in [3.05, 3.63) is 0 Å². The van der Waals surface area contributed by atoms with E-state index in [0.717, 1.165) is 6.42 Å². The van der Waals surface area contributed by atoms with Crippen LogP contribution in [0.25, 0.3) is 0 Å². The maximum absolute atomic E-state index is 8.73. The average Bonchev–Trinajstić information content (AvgIpc) is 2.58. The van der Waals surface area contributed by atoms with E-state index in [2.05, 4.69) is 23.9 Å². The number of aliphatic hydroxyl groups excluding tert-OH is 1. The highest BCUT2D eigenvalue weighted by Crippen LogP contribution is 2.22. The molecule has 1 fully saturated rings. The van der Waals surface area contributed by atoms with Crippen molar-refractivity contribution in [1.29, 1.82) is 0 Å². The van der Waals surface area contributed by atoms with E-state index in [1.54, 1.807) is 0 Å². The zero-order chi connectivity index (χ0) is 11.1. The lowest BCUT2D eigenvalue weighted by molar-refractivity contribution is 0.305. The number of likely N-dealkylation sites (tertiary alicyclic amines) is 1. The number of rotatable bonds is 6. The van der Waals surface area contributed by atoms with E-state index in [4.69, 9.17) is 5.11 Å². The van der Waals surface area contributed by atoms with Crippen LogP contribution in [0.4, 0.5) is 0 Å². The number of aliphatic hydroxyl groups is 1. The molecule has 1 unspecified atom stereocenters. The number of aliphatic imine (C=N–C) groups is 1. The number of hydrogen-bond donors (Lipinski definition) is 1. The smallest absolute Gasteiger partial charge is 0.0990 e. The largest absolute Gasteiger partial charge is 0.394 e. The summed E-state index contributed by atoms with van der Waals surface area (Å²) in [6, 6.07) is 0.689. The van der Waals surface area contributed by atoms with E-state index < -0.39 is 0 Å². The van der Waals surface area contributed by atoms with E-state index in [1.165, 1.54) is 37.9 Å². The number of unbranched alkanes of at least 4 members (excludes halogenated alkanes) is 2. The van der Waals surface area contributed by atoms with E-state index >= 15 is 0 Å². The molecule has 1 heterocycles. The number of nitrogens with zero attached hydrogens (tertiary/aromatic N) is 2. The van der Waals surface area contributed by atoms with Gasteiger partial charge in [0, 0.05) is 19.5 Å². The van der Waals surface area contributed by atoms with E-state index in [-0.39, 0.29) is 6.61 Å². The summed E-state index contributed by atoms with van der Waals surface area (Å²) in [5.41, 5.74) is 0. The molecule has 0 aliphatic carbocycles. The number of amidine groups is 1. The Morgan fingerprint density at radius 3 is 2.93 bits per heavy atom. The normalized spacial score (nSPS) is 24.1. The van der Waals surface area contributed by atoms with E-state index in [9.17, 15) is 0 Å². The molecular weight excluding hydrogens is 188 g/mol. The van der Waals surface area contributed by atoms with Gasteiger partial charge in [-0.25, -0.2) is 0 Å². The minimum absolute atomic E-state index is 0.165. The summed E-state index contributed by atoms with van der Waals surface area (Å²) in [7, 11) is 2.14. The molecule has 0 saturated carbocycles. The Morgan fingerprint density at radius 2 is 2.27 bits per heavy atom. The van der Waals surface area contributed by atoms with Gasteiger partial charge in [0.2, 0.25) is 0 Å². The molecule has 1 aliphatic heterocycles. The van der Waals surface area contributed by atoms with Crippen molar-refractivity contribution in [1.82, 2.24) is 4.90 Å². The first-order valence-electron chi connectivity index (χ1n) is 6.16. The van der Waals surface area contributed by atoms with Crippen LogP contribution in [0.2, 0.25) is 0 Å². The Kier molecular flexibility index (Phi) is 5.69. The van der Waals surface area contributed by atoms with Crippen molar-refractivity contribution in [3.8, 4) is 0 Å². The predicted octanol–water partition coefficient (Wildman–Crippen LogP) is 2.05. The third kappa shape index (κ3) is 3.82. The Bertz CT molecular complexity index is 204. The van der Waals surface area contributed by atoms with Gasteiger partial charge in [-0.15, -0.1) is 0 Å². The first kappa shape index (κ1) is 12.5. The van der Waals surface area contributed by atoms with E-state index in [1.807, 2.05) is 0 Å². The van der Waals surface area contributed by atoms with Crippen LogP contribution in [0.5, 0.6) is 0 Å². The third-order valence-corrected chi connectivity index (χ3v) is 3.19. The summed E-state index contributed by atoms with van der Waals surface area (Å²) in [5.74, 6) is 1.19. The topological polar surface area (TPSA) is 35.8 Å². The molecule has 3 nitrogen and oxygen atoms in total. The second-order valence-electron chi connectivity index (χ2n) is 4.32. The highest BCUT2D eigenvalue weighted by molar-refractivity contribution is 5.84. The van der Waals surface area contributed by atoms with Crippen molar-refractivity contribution >= 4 is 5.84 Å². The minimum atomic E-state index is 0.165. The summed E-state index contributed by atoms with van der Waals surface area (Å²) in [6.45, 7) is 2.96. The van der Waals surface area contributed by atoms with Crippen LogP contribution in [0.1, 0.15) is 45.4 Å². The van der Waals surface area contributed by atoms with Crippen molar-refractivity contribution in [2.24, 2.45) is 4.99 Å². The lowest BCUT2D eigenvalue weighted by atomic mass is 10.1. The summed E-state index contributed by atoms with van der Waals surface area (Å²) in [6.07, 6.45) is 7.59. The second kappa shape index (κ2) is 6.83. The molecule has 0 aromatic rings. The Labute approximate surface area is 93.2 Å². The molecule has 0 bridgehead atoms. The lowest BCUT2D eigenvalue weighted by Crippen LogP contribution is -2.29. The second-order valence-corrected chi connectivity index (χ2v) is 4.32. The number of hydrogen-bond acceptors (Lipinski definition) is 2. The van der Waals surface area contributed by atoms with E-state index in [0.29, 0.717) is 12.6 Å². The predicted molar refractivity (Wildman–Crippen MR) is 64.3 cm³/mol. The fraction of sp³-hybridized carbons (Fsp3) is 0.917. The van der Waals surface area contributed by atoms with Crippen LogP contribution in [0.15, 0.2) is 4.99 Å². The van der Waals surface area contributed by atoms with Gasteiger partial charge >= 0.3 is 0 Å². The van der Waals surface area contributed by atoms with Gasteiger partial charge in [-0.1, -0.05) is 26.2 Å². The van der Waals surface area contributed by atoms with Crippen molar-refractivity contribution in [2.75, 3.05) is 20.2 Å². The van der Waals surface area contributed by atoms with Crippen molar-refractivity contribution in [3.63, 3.8) is 0 Å². The third-order valence-electron chi connectivity index (χ3n) is 3.19. The van der Waals surface area contributed by atoms with Gasteiger partial charge in [-0.3, -0.25) is 4.99 Å². The molecule has 1 saturated heterocycles. The lowest BCUT2D eigenvalue weighted by Gasteiger charge is -2.21. The maximum atomic E-state index is 8.73. The molecule has 0 amide bonds. The summed E-state index contributed by atoms with van der Waals surface area (Å²) >= 11 is 0. The van der Waals surface area contributed by atoms with Crippen molar-refractivity contribution < 1.29 is 5.11 Å². The van der Waals surface area contributed by atoms with Gasteiger partial charge < -0.3 is 10.0 Å². The average molecular weight is 212 g/mol. The molecule has 1 N–H and O–H groups in total. The Balaban J connectivity index is 2.31. The molecule has 88 valence electrons. The highest BCUT2D eigenvalue weighted by atomic mass is 16.3. The Morgan fingerprint density at radius 1 is 1.47 bits per heavy atom. The standard InChI is InChI=1S/C12H24N2O/c1-3-4-5-6-11-7-8-12(14(11)2)13-9-10-15/h11,15H,3-10H2,1-2H3. The summed E-state index contributed by atoms with van der Waals surface area (Å²) in [5, 5.41) is 8.73. The molecule has 3 heteroatoms. The first-order chi connectivity index (χ1) is 7.29. The summed E-state index contributed by atoms with van der Waals surface area (Å²) < 4.78 is 0. The highest BCUT2D eigenvalue weighted by Gasteiger charge is 2.24. The SMILES string of the molecule is CCCCCC1CCC(=NCCO)N1C. The molecule has 15 heavy (non-hydrogen) atoms. The molecule has 0 aromatic carbocycles. The molecule has 1 aliphatic rings. The molecule has 0 spiro atoms. The van der Waals surface area contributed by atoms with Gasteiger partial charge in [0.1, 0.15) is 0 Å². The van der Waals surface area contributed by atoms with Crippen LogP contribution in [-0.4, -0.2) is 42.1 Å². The van der Waals surface area contributed by atoms with Crippen LogP contribution >= 0.6 is 0 Å². The molecule has 0 aromatic heterocycles. The Hall–Kier alpha value is -0.570. The molecule has 1 rings (SSSR count). The molecule has 0 radical (unpaired) electrons. The van der Waals surface area contributed by atoms with Crippen molar-refractivity contribution in [2.45, 2.75) is 51.5 Å². The first-order valence-corrected chi connectivity index (χ1v) is 6.16.